The molecule has 17 heavy (non-hydrogen) atoms. The second-order valence-corrected chi connectivity index (χ2v) is 4.17. The number of nitrogens with zero attached hydrogens (tertiary/aromatic N) is 1. The first kappa shape index (κ1) is 11.7. The zero-order chi connectivity index (χ0) is 12.4. The quantitative estimate of drug-likeness (QED) is 0.854. The van der Waals surface area contributed by atoms with Crippen molar-refractivity contribution in [1.82, 2.24) is 0 Å². The second kappa shape index (κ2) is 4.63. The molecule has 0 fully saturated rings. The number of carbonyl (C=O) groups excluding carboxylic acids is 1. The van der Waals surface area contributed by atoms with E-state index < -0.39 is 0 Å². The molecule has 0 saturated carbocycles. The molecular formula is C12H16N2O3. The van der Waals surface area contributed by atoms with Crippen LogP contribution in [-0.4, -0.2) is 25.8 Å². The summed E-state index contributed by atoms with van der Waals surface area (Å²) >= 11 is 0. The van der Waals surface area contributed by atoms with Gasteiger partial charge in [0.05, 0.1) is 0 Å². The fourth-order valence-corrected chi connectivity index (χ4v) is 1.65. The van der Waals surface area contributed by atoms with Crippen LogP contribution >= 0.6 is 0 Å². The van der Waals surface area contributed by atoms with E-state index in [9.17, 15) is 4.79 Å². The predicted octanol–water partition coefficient (Wildman–Crippen LogP) is 1.12. The van der Waals surface area contributed by atoms with Crippen LogP contribution in [0.2, 0.25) is 0 Å². The maximum absolute atomic E-state index is 11.8. The van der Waals surface area contributed by atoms with Gasteiger partial charge in [0.15, 0.2) is 11.5 Å². The van der Waals surface area contributed by atoms with E-state index in [0.717, 1.165) is 5.69 Å². The minimum Gasteiger partial charge on any atom is -0.454 e. The molecule has 0 saturated heterocycles. The summed E-state index contributed by atoms with van der Waals surface area (Å²) < 4.78 is 10.5. The third kappa shape index (κ3) is 2.50. The molecule has 1 aliphatic rings. The van der Waals surface area contributed by atoms with Crippen molar-refractivity contribution in [2.45, 2.75) is 19.4 Å². The highest BCUT2D eigenvalue weighted by molar-refractivity contribution is 5.93. The summed E-state index contributed by atoms with van der Waals surface area (Å²) in [7, 11) is 1.72. The molecule has 0 aromatic heterocycles. The molecule has 1 atom stereocenters. The Morgan fingerprint density at radius 1 is 1.47 bits per heavy atom. The molecule has 0 radical (unpaired) electrons. The topological polar surface area (TPSA) is 64.8 Å². The fourth-order valence-electron chi connectivity index (χ4n) is 1.65. The number of carbonyl (C=O) groups is 1. The molecule has 2 rings (SSSR count). The van der Waals surface area contributed by atoms with Crippen molar-refractivity contribution >= 4 is 11.6 Å². The lowest BCUT2D eigenvalue weighted by molar-refractivity contribution is -0.118. The molecule has 92 valence electrons. The van der Waals surface area contributed by atoms with Gasteiger partial charge in [-0.25, -0.2) is 0 Å². The summed E-state index contributed by atoms with van der Waals surface area (Å²) in [6, 6.07) is 5.28. The number of ether oxygens (including phenoxy) is 2. The molecule has 1 aromatic rings. The molecule has 0 aliphatic carbocycles. The van der Waals surface area contributed by atoms with Gasteiger partial charge in [-0.05, 0) is 19.1 Å². The summed E-state index contributed by atoms with van der Waals surface area (Å²) in [4.78, 5) is 13.4. The van der Waals surface area contributed by atoms with Crippen LogP contribution in [0.5, 0.6) is 11.5 Å². The maximum Gasteiger partial charge on any atom is 0.231 e. The lowest BCUT2D eigenvalue weighted by atomic mass is 10.2. The number of amides is 1. The van der Waals surface area contributed by atoms with Crippen LogP contribution < -0.4 is 20.1 Å². The van der Waals surface area contributed by atoms with Gasteiger partial charge in [0.2, 0.25) is 12.7 Å². The van der Waals surface area contributed by atoms with Gasteiger partial charge in [-0.3, -0.25) is 4.79 Å². The first-order chi connectivity index (χ1) is 8.08. The lowest BCUT2D eigenvalue weighted by Gasteiger charge is -2.18. The summed E-state index contributed by atoms with van der Waals surface area (Å²) in [5.74, 6) is 1.36. The largest absolute Gasteiger partial charge is 0.454 e. The Morgan fingerprint density at radius 2 is 2.18 bits per heavy atom. The Morgan fingerprint density at radius 3 is 2.88 bits per heavy atom. The summed E-state index contributed by atoms with van der Waals surface area (Å²) in [5.41, 5.74) is 6.38. The van der Waals surface area contributed by atoms with E-state index in [1.807, 2.05) is 13.0 Å². The molecule has 0 bridgehead atoms. The van der Waals surface area contributed by atoms with Crippen molar-refractivity contribution in [3.05, 3.63) is 18.2 Å². The summed E-state index contributed by atoms with van der Waals surface area (Å²) in [6.45, 7) is 2.04. The van der Waals surface area contributed by atoms with Crippen molar-refractivity contribution in [2.75, 3.05) is 18.7 Å². The number of anilines is 1. The van der Waals surface area contributed by atoms with Gasteiger partial charge < -0.3 is 20.1 Å². The zero-order valence-corrected chi connectivity index (χ0v) is 9.97. The second-order valence-electron chi connectivity index (χ2n) is 4.17. The van der Waals surface area contributed by atoms with E-state index >= 15 is 0 Å². The minimum atomic E-state index is -0.140. The van der Waals surface area contributed by atoms with Crippen molar-refractivity contribution in [2.24, 2.45) is 5.73 Å². The molecule has 1 heterocycles. The van der Waals surface area contributed by atoms with Crippen molar-refractivity contribution in [1.29, 1.82) is 0 Å². The number of rotatable bonds is 3. The molecule has 1 aliphatic heterocycles. The molecule has 5 heteroatoms. The van der Waals surface area contributed by atoms with Gasteiger partial charge in [0.1, 0.15) is 0 Å². The van der Waals surface area contributed by atoms with E-state index in [1.54, 1.807) is 24.1 Å². The first-order valence-electron chi connectivity index (χ1n) is 5.49. The van der Waals surface area contributed by atoms with Gasteiger partial charge in [-0.2, -0.15) is 0 Å². The first-order valence-corrected chi connectivity index (χ1v) is 5.49. The van der Waals surface area contributed by atoms with E-state index in [4.69, 9.17) is 15.2 Å². The highest BCUT2D eigenvalue weighted by atomic mass is 16.7. The molecule has 1 unspecified atom stereocenters. The summed E-state index contributed by atoms with van der Waals surface area (Å²) in [6.07, 6.45) is 0.324. The molecule has 0 spiro atoms. The molecule has 1 aromatic carbocycles. The van der Waals surface area contributed by atoms with Crippen LogP contribution in [0.15, 0.2) is 18.2 Å². The molecular weight excluding hydrogens is 220 g/mol. The third-order valence-corrected chi connectivity index (χ3v) is 2.61. The van der Waals surface area contributed by atoms with E-state index in [-0.39, 0.29) is 18.7 Å². The van der Waals surface area contributed by atoms with E-state index in [1.165, 1.54) is 0 Å². The standard InChI is InChI=1S/C12H16N2O3/c1-8(13)5-12(15)14(2)9-3-4-10-11(6-9)17-7-16-10/h3-4,6,8H,5,7,13H2,1-2H3. The van der Waals surface area contributed by atoms with Gasteiger partial charge in [-0.15, -0.1) is 0 Å². The number of nitrogens with two attached hydrogens (primary N) is 1. The van der Waals surface area contributed by atoms with Gasteiger partial charge >= 0.3 is 0 Å². The predicted molar refractivity (Wildman–Crippen MR) is 64.2 cm³/mol. The van der Waals surface area contributed by atoms with Gasteiger partial charge in [0.25, 0.3) is 0 Å². The Labute approximate surface area is 100 Å². The zero-order valence-electron chi connectivity index (χ0n) is 9.97. The number of hydrogen-bond acceptors (Lipinski definition) is 4. The van der Waals surface area contributed by atoms with Gasteiger partial charge in [0, 0.05) is 31.3 Å². The Bertz CT molecular complexity index is 432. The van der Waals surface area contributed by atoms with Crippen LogP contribution in [0, 0.1) is 0 Å². The smallest absolute Gasteiger partial charge is 0.231 e. The van der Waals surface area contributed by atoms with Crippen LogP contribution in [0.1, 0.15) is 13.3 Å². The third-order valence-electron chi connectivity index (χ3n) is 2.61. The van der Waals surface area contributed by atoms with Crippen LogP contribution in [0.25, 0.3) is 0 Å². The maximum atomic E-state index is 11.8. The van der Waals surface area contributed by atoms with E-state index in [2.05, 4.69) is 0 Å². The Hall–Kier alpha value is -1.75. The van der Waals surface area contributed by atoms with Crippen molar-refractivity contribution in [3.8, 4) is 11.5 Å². The van der Waals surface area contributed by atoms with E-state index in [0.29, 0.717) is 17.9 Å². The monoisotopic (exact) mass is 236 g/mol. The molecule has 2 N–H and O–H groups in total. The van der Waals surface area contributed by atoms with Crippen molar-refractivity contribution in [3.63, 3.8) is 0 Å². The molecule has 1 amide bonds. The number of hydrogen-bond donors (Lipinski definition) is 1. The summed E-state index contributed by atoms with van der Waals surface area (Å²) in [5, 5.41) is 0. The Balaban J connectivity index is 2.14. The SMILES string of the molecule is CC(N)CC(=O)N(C)c1ccc2c(c1)OCO2. The van der Waals surface area contributed by atoms with Crippen LogP contribution in [0.3, 0.4) is 0 Å². The van der Waals surface area contributed by atoms with Crippen molar-refractivity contribution < 1.29 is 14.3 Å². The molecule has 5 nitrogen and oxygen atoms in total. The Kier molecular flexibility index (Phi) is 3.19. The highest BCUT2D eigenvalue weighted by Gasteiger charge is 2.17. The average Bonchev–Trinajstić information content (AvgIpc) is 2.73. The van der Waals surface area contributed by atoms with Gasteiger partial charge in [-0.1, -0.05) is 0 Å². The lowest BCUT2D eigenvalue weighted by Crippen LogP contribution is -2.31. The average molecular weight is 236 g/mol. The fraction of sp³-hybridized carbons (Fsp3) is 0.417. The minimum absolute atomic E-state index is 0.0149. The van der Waals surface area contributed by atoms with Crippen LogP contribution in [0.4, 0.5) is 5.69 Å². The van der Waals surface area contributed by atoms with Crippen LogP contribution in [-0.2, 0) is 4.79 Å². The highest BCUT2D eigenvalue weighted by Crippen LogP contribution is 2.35. The number of fused-ring (bicyclic) bond motifs is 1. The normalized spacial score (nSPS) is 14.5. The number of benzene rings is 1.